The third kappa shape index (κ3) is 20.6. The number of epoxide rings is 1. The molecule has 24 heteroatoms. The summed E-state index contributed by atoms with van der Waals surface area (Å²) in [5.41, 5.74) is 4.89. The number of carbonyl (C=O) groups excluding carboxylic acids is 9. The maximum Gasteiger partial charge on any atom is 0.328 e. The van der Waals surface area contributed by atoms with Gasteiger partial charge in [-0.1, -0.05) is 76.1 Å². The Bertz CT molecular complexity index is 3140. The Morgan fingerprint density at radius 1 is 0.968 bits per heavy atom. The Kier molecular flexibility index (Phi) is 27.9. The monoisotopic (exact) mass is 1350 g/mol. The first kappa shape index (κ1) is 77.1. The molecule has 0 saturated carbocycles. The number of esters is 3. The molecule has 0 radical (unpaired) electrons. The van der Waals surface area contributed by atoms with Crippen LogP contribution in [0, 0.1) is 23.7 Å². The molecule has 95 heavy (non-hydrogen) atoms. The average molecular weight is 1350 g/mol. The van der Waals surface area contributed by atoms with E-state index in [9.17, 15) is 48.3 Å². The second kappa shape index (κ2) is 34.3. The normalized spacial score (nSPS) is 24.4. The van der Waals surface area contributed by atoms with Gasteiger partial charge in [0, 0.05) is 89.6 Å². The summed E-state index contributed by atoms with van der Waals surface area (Å²) in [5.74, 6) is -5.23. The van der Waals surface area contributed by atoms with Crippen molar-refractivity contribution in [2.75, 3.05) is 71.0 Å². The number of aliphatic hydroxyl groups is 1. The zero-order valence-corrected chi connectivity index (χ0v) is 58.9. The van der Waals surface area contributed by atoms with Crippen LogP contribution in [0.25, 0.3) is 0 Å². The van der Waals surface area contributed by atoms with Crippen molar-refractivity contribution < 1.29 is 81.4 Å². The summed E-state index contributed by atoms with van der Waals surface area (Å²) in [6.45, 7) is 19.9. The number of ketones is 2. The van der Waals surface area contributed by atoms with Gasteiger partial charge in [-0.25, -0.2) is 9.59 Å². The zero-order valence-electron chi connectivity index (χ0n) is 58.1. The van der Waals surface area contributed by atoms with Crippen LogP contribution in [0.3, 0.4) is 0 Å². The Hall–Kier alpha value is -6.92. The van der Waals surface area contributed by atoms with Crippen molar-refractivity contribution in [1.82, 2.24) is 15.5 Å². The van der Waals surface area contributed by atoms with E-state index in [4.69, 9.17) is 50.5 Å². The molecule has 5 N–H and O–H groups in total. The van der Waals surface area contributed by atoms with Crippen molar-refractivity contribution in [3.05, 3.63) is 75.8 Å². The lowest BCUT2D eigenvalue weighted by atomic mass is 9.78. The SMILES string of the molecule is CCC(CC)C(=O)OC(C)(C)CCCCC(=O)C[C@H](C(=O)N[C@@H](CCCNC(N)=O)C(=O)Cc1ccc(C(=O)N(C)[C@@H](C)C(=O)O[C@H]2CC(=O)N(C)c3cc(cc(OC)c3Cl)C/C(C)=C/C=C/[C@@H](OC)[C@]3(O)CC(=O)O[C@@H](C3)[C@@H](C)[C@@H]3O[C@@]23C)cc1N1CCOCC1)C(C)C. The first-order valence-corrected chi connectivity index (χ1v) is 33.8. The van der Waals surface area contributed by atoms with Gasteiger partial charge in [-0.2, -0.15) is 0 Å². The van der Waals surface area contributed by atoms with E-state index >= 15 is 0 Å². The Morgan fingerprint density at radius 3 is 2.31 bits per heavy atom. The molecule has 4 bridgehead atoms. The number of urea groups is 1. The van der Waals surface area contributed by atoms with Crippen molar-refractivity contribution in [3.8, 4) is 5.75 Å². The molecule has 2 aromatic carbocycles. The van der Waals surface area contributed by atoms with Gasteiger partial charge in [0.15, 0.2) is 5.78 Å². The van der Waals surface area contributed by atoms with Gasteiger partial charge in [0.25, 0.3) is 5.91 Å². The highest BCUT2D eigenvalue weighted by Crippen LogP contribution is 2.50. The van der Waals surface area contributed by atoms with E-state index in [1.807, 2.05) is 59.4 Å². The molecular weight excluding hydrogens is 1240 g/mol. The van der Waals surface area contributed by atoms with Gasteiger partial charge in [0.2, 0.25) is 11.8 Å². The summed E-state index contributed by atoms with van der Waals surface area (Å²) in [7, 11) is 5.91. The molecule has 23 nitrogen and oxygen atoms in total. The number of rotatable bonds is 28. The summed E-state index contributed by atoms with van der Waals surface area (Å²) < 4.78 is 41.6. The van der Waals surface area contributed by atoms with Gasteiger partial charge in [-0.15, -0.1) is 0 Å². The summed E-state index contributed by atoms with van der Waals surface area (Å²) in [4.78, 5) is 129. The highest BCUT2D eigenvalue weighted by Gasteiger charge is 2.64. The number of allylic oxidation sites excluding steroid dienone is 3. The number of methoxy groups -OCH3 is 2. The van der Waals surface area contributed by atoms with E-state index in [2.05, 4.69) is 10.6 Å². The van der Waals surface area contributed by atoms with E-state index < -0.39 is 107 Å². The van der Waals surface area contributed by atoms with Crippen LogP contribution in [0.15, 0.2) is 54.1 Å². The Balaban J connectivity index is 1.22. The molecule has 0 aliphatic carbocycles. The van der Waals surface area contributed by atoms with Gasteiger partial charge in [0.05, 0.1) is 56.9 Å². The number of fused-ring (bicyclic) bond motifs is 5. The number of ether oxygens (including phenoxy) is 7. The molecule has 3 saturated heterocycles. The molecule has 4 aliphatic heterocycles. The maximum absolute atomic E-state index is 14.7. The summed E-state index contributed by atoms with van der Waals surface area (Å²) >= 11 is 6.91. The van der Waals surface area contributed by atoms with Crippen LogP contribution >= 0.6 is 11.6 Å². The number of Topliss-reactive ketones (excluding diaryl/α,β-unsaturated/α-hetero) is 2. The molecule has 4 heterocycles. The molecule has 0 unspecified atom stereocenters. The number of carbonyl (C=O) groups is 9. The van der Waals surface area contributed by atoms with E-state index in [1.54, 1.807) is 63.4 Å². The second-order valence-electron chi connectivity index (χ2n) is 27.2. The Labute approximate surface area is 565 Å². The van der Waals surface area contributed by atoms with Gasteiger partial charge in [-0.05, 0) is 127 Å². The predicted molar refractivity (Wildman–Crippen MR) is 359 cm³/mol. The van der Waals surface area contributed by atoms with Crippen LogP contribution in [0.2, 0.25) is 5.02 Å². The topological polar surface area (TPSA) is 302 Å². The number of nitrogens with zero attached hydrogens (tertiary/aromatic N) is 3. The predicted octanol–water partition coefficient (Wildman–Crippen LogP) is 8.51. The van der Waals surface area contributed by atoms with Crippen molar-refractivity contribution in [1.29, 1.82) is 0 Å². The summed E-state index contributed by atoms with van der Waals surface area (Å²) in [6.07, 6.45) is 4.61. The van der Waals surface area contributed by atoms with Crippen molar-refractivity contribution in [2.45, 2.75) is 212 Å². The number of primary amides is 1. The van der Waals surface area contributed by atoms with E-state index in [-0.39, 0.29) is 91.4 Å². The van der Waals surface area contributed by atoms with E-state index in [1.165, 1.54) is 38.0 Å². The lowest BCUT2D eigenvalue weighted by Gasteiger charge is -2.41. The van der Waals surface area contributed by atoms with Gasteiger partial charge in [0.1, 0.15) is 57.7 Å². The molecule has 4 aliphatic rings. The minimum Gasteiger partial charge on any atom is -0.495 e. The molecule has 6 rings (SSSR count). The Morgan fingerprint density at radius 2 is 1.66 bits per heavy atom. The third-order valence-electron chi connectivity index (χ3n) is 19.2. The van der Waals surface area contributed by atoms with Gasteiger partial charge < -0.3 is 69.3 Å². The number of benzene rings is 2. The number of morpholine rings is 1. The number of hydrogen-bond acceptors (Lipinski definition) is 18. The fraction of sp³-hybridized carbons (Fsp3) is 0.648. The molecular formula is C71H103ClN6O17. The first-order valence-electron chi connectivity index (χ1n) is 33.4. The van der Waals surface area contributed by atoms with Crippen molar-refractivity contribution in [3.63, 3.8) is 0 Å². The lowest BCUT2D eigenvalue weighted by Crippen LogP contribution is -2.53. The van der Waals surface area contributed by atoms with Crippen LogP contribution in [0.1, 0.15) is 168 Å². The summed E-state index contributed by atoms with van der Waals surface area (Å²) in [5, 5.41) is 17.8. The van der Waals surface area contributed by atoms with Gasteiger partial charge >= 0.3 is 23.9 Å². The molecule has 526 valence electrons. The highest BCUT2D eigenvalue weighted by molar-refractivity contribution is 6.35. The number of anilines is 2. The minimum atomic E-state index is -1.67. The molecule has 2 aromatic rings. The number of nitrogens with one attached hydrogen (secondary N) is 2. The van der Waals surface area contributed by atoms with Crippen LogP contribution in [-0.2, 0) is 74.8 Å². The molecule has 10 atom stereocenters. The van der Waals surface area contributed by atoms with Crippen LogP contribution in [-0.4, -0.2) is 178 Å². The average Bonchev–Trinajstić information content (AvgIpc) is 1.58. The molecule has 5 amide bonds. The van der Waals surface area contributed by atoms with Gasteiger partial charge in [-0.3, -0.25) is 33.6 Å². The number of nitrogens with two attached hydrogens (primary N) is 1. The largest absolute Gasteiger partial charge is 0.495 e. The minimum absolute atomic E-state index is 0.0185. The zero-order chi connectivity index (χ0) is 70.3. The maximum atomic E-state index is 14.7. The summed E-state index contributed by atoms with van der Waals surface area (Å²) in [6, 6.07) is 5.37. The number of unbranched alkanes of at least 4 members (excludes halogenated alkanes) is 1. The lowest BCUT2D eigenvalue weighted by molar-refractivity contribution is -0.187. The number of amides is 5. The smallest absolute Gasteiger partial charge is 0.328 e. The molecule has 0 aromatic heterocycles. The van der Waals surface area contributed by atoms with Crippen LogP contribution < -0.4 is 30.9 Å². The number of halogens is 1. The second-order valence-corrected chi connectivity index (χ2v) is 27.6. The first-order chi connectivity index (χ1) is 44.8. The number of hydrogen-bond donors (Lipinski definition) is 4. The van der Waals surface area contributed by atoms with Crippen LogP contribution in [0.4, 0.5) is 16.2 Å². The number of likely N-dealkylation sites (N-methyl/N-ethyl adjacent to an activating group) is 1. The fourth-order valence-electron chi connectivity index (χ4n) is 12.9. The fourth-order valence-corrected chi connectivity index (χ4v) is 13.2. The highest BCUT2D eigenvalue weighted by atomic mass is 35.5. The van der Waals surface area contributed by atoms with Crippen LogP contribution in [0.5, 0.6) is 5.75 Å². The molecule has 3 fully saturated rings. The standard InChI is InChI=1S/C71H103ClN6O17/c1-15-47(16-2)67(86)95-69(8,9)27-18-17-22-50(79)38-51(42(3)4)64(83)75-52(23-20-28-74-68(73)87)55(80)37-48-25-26-49(36-53(48)78-29-31-91-32-30-78)65(84)76(11)45(7)66(85)93-59-39-60(81)77(12)54-34-46(35-56(89-13)62(54)72)33-43(5)21-19-24-58(90-14)71(88)40-57(92-61(82)41-71)44(6)63-70(59,10)94-63/h19,21,24-26,34-36,42,44-45,47,51-52,57-59,63,88H,15-18,20,22-23,27-33,37-41H2,1-14H3,(H,75,83)(H3,73,74,87)/b24-19+,43-21+/t44-,45+,51+,52+,57+,58-,59+,63+,70+,71-/m1/s1. The van der Waals surface area contributed by atoms with E-state index in [0.29, 0.717) is 87.5 Å². The molecule has 0 spiro atoms. The third-order valence-corrected chi connectivity index (χ3v) is 19.6. The van der Waals surface area contributed by atoms with Crippen molar-refractivity contribution in [2.24, 2.45) is 29.4 Å². The quantitative estimate of drug-likeness (QED) is 0.0268. The van der Waals surface area contributed by atoms with E-state index in [0.717, 1.165) is 11.1 Å². The van der Waals surface area contributed by atoms with Crippen molar-refractivity contribution >= 4 is 76.2 Å².